The molecule has 1 N–H and O–H groups in total. The largest absolute Gasteiger partial charge is 0.312 e. The third kappa shape index (κ3) is 4.25. The van der Waals surface area contributed by atoms with Crippen molar-refractivity contribution in [2.75, 3.05) is 5.32 Å². The maximum absolute atomic E-state index is 12.7. The molecule has 3 aromatic rings. The number of nitrogens with one attached hydrogen (secondary N) is 1. The summed E-state index contributed by atoms with van der Waals surface area (Å²) in [5, 5.41) is 23.1. The van der Waals surface area contributed by atoms with Gasteiger partial charge in [-0.25, -0.2) is 0 Å². The Bertz CT molecular complexity index is 1090. The Hall–Kier alpha value is -2.91. The van der Waals surface area contributed by atoms with Crippen molar-refractivity contribution in [3.8, 4) is 0 Å². The number of hydrogen-bond acceptors (Lipinski definition) is 5. The number of anilines is 1. The molecule has 0 aliphatic rings. The van der Waals surface area contributed by atoms with Crippen LogP contribution in [-0.2, 0) is 11.3 Å². The van der Waals surface area contributed by atoms with Crippen LogP contribution in [0.2, 0.25) is 10.0 Å². The zero-order valence-corrected chi connectivity index (χ0v) is 17.4. The molecule has 29 heavy (non-hydrogen) atoms. The van der Waals surface area contributed by atoms with E-state index < -0.39 is 16.9 Å². The summed E-state index contributed by atoms with van der Waals surface area (Å²) in [6, 6.07) is 6.54. The van der Waals surface area contributed by atoms with Crippen molar-refractivity contribution in [2.24, 2.45) is 0 Å². The maximum Gasteiger partial charge on any atom is 0.312 e. The van der Waals surface area contributed by atoms with Crippen molar-refractivity contribution in [3.63, 3.8) is 0 Å². The summed E-state index contributed by atoms with van der Waals surface area (Å²) in [6.45, 7) is 5.05. The van der Waals surface area contributed by atoms with E-state index in [1.54, 1.807) is 30.8 Å². The van der Waals surface area contributed by atoms with Crippen LogP contribution in [0.5, 0.6) is 0 Å². The number of rotatable bonds is 6. The second kappa shape index (κ2) is 8.22. The number of halogens is 2. The van der Waals surface area contributed by atoms with Crippen molar-refractivity contribution in [1.29, 1.82) is 0 Å². The smallest absolute Gasteiger partial charge is 0.306 e. The molecule has 0 radical (unpaired) electrons. The number of aromatic nitrogens is 4. The summed E-state index contributed by atoms with van der Waals surface area (Å²) in [4.78, 5) is 23.3. The van der Waals surface area contributed by atoms with Crippen molar-refractivity contribution in [1.82, 2.24) is 19.6 Å². The van der Waals surface area contributed by atoms with Crippen LogP contribution in [0.3, 0.4) is 0 Å². The van der Waals surface area contributed by atoms with Crippen LogP contribution in [0.1, 0.15) is 29.9 Å². The van der Waals surface area contributed by atoms with Crippen molar-refractivity contribution < 1.29 is 9.72 Å². The Labute approximate surface area is 176 Å². The fourth-order valence-electron chi connectivity index (χ4n) is 2.99. The number of benzene rings is 1. The number of nitro groups is 1. The van der Waals surface area contributed by atoms with E-state index in [0.717, 1.165) is 5.56 Å². The fourth-order valence-corrected chi connectivity index (χ4v) is 3.38. The molecule has 1 atom stereocenters. The van der Waals surface area contributed by atoms with Gasteiger partial charge in [0, 0.05) is 11.2 Å². The first-order chi connectivity index (χ1) is 13.7. The Morgan fingerprint density at radius 2 is 1.93 bits per heavy atom. The van der Waals surface area contributed by atoms with Gasteiger partial charge in [-0.05, 0) is 32.4 Å². The highest BCUT2D eigenvalue weighted by Crippen LogP contribution is 2.26. The lowest BCUT2D eigenvalue weighted by atomic mass is 10.2. The van der Waals surface area contributed by atoms with Gasteiger partial charge in [0.1, 0.15) is 22.5 Å². The van der Waals surface area contributed by atoms with E-state index in [9.17, 15) is 14.9 Å². The first-order valence-electron chi connectivity index (χ1n) is 8.66. The number of nitrogens with zero attached hydrogens (tertiary/aromatic N) is 5. The van der Waals surface area contributed by atoms with E-state index in [1.165, 1.54) is 11.6 Å². The SMILES string of the molecule is Cc1nn(C(C)C(=O)Nc2nn(Cc3ccccc3Cl)cc2Cl)c(C)c1[N+](=O)[O-]. The Balaban J connectivity index is 1.77. The lowest BCUT2D eigenvalue weighted by Gasteiger charge is -2.13. The van der Waals surface area contributed by atoms with Gasteiger partial charge in [0.2, 0.25) is 5.91 Å². The van der Waals surface area contributed by atoms with Gasteiger partial charge >= 0.3 is 5.69 Å². The molecule has 11 heteroatoms. The van der Waals surface area contributed by atoms with Gasteiger partial charge in [-0.15, -0.1) is 0 Å². The molecule has 1 unspecified atom stereocenters. The Morgan fingerprint density at radius 1 is 1.24 bits per heavy atom. The zero-order valence-electron chi connectivity index (χ0n) is 15.9. The van der Waals surface area contributed by atoms with E-state index >= 15 is 0 Å². The molecular weight excluding hydrogens is 419 g/mol. The molecule has 2 aromatic heterocycles. The standard InChI is InChI=1S/C18H18Cl2N6O3/c1-10-16(26(28)29)11(2)25(22-10)12(3)18(27)21-17-15(20)9-24(23-17)8-13-6-4-5-7-14(13)19/h4-7,9,12H,8H2,1-3H3,(H,21,23,27). The first kappa shape index (κ1) is 20.8. The lowest BCUT2D eigenvalue weighted by molar-refractivity contribution is -0.386. The molecule has 0 aliphatic heterocycles. The van der Waals surface area contributed by atoms with Crippen LogP contribution in [0, 0.1) is 24.0 Å². The Kier molecular flexibility index (Phi) is 5.90. The normalized spacial score (nSPS) is 12.0. The monoisotopic (exact) mass is 436 g/mol. The van der Waals surface area contributed by atoms with Crippen LogP contribution in [-0.4, -0.2) is 30.4 Å². The van der Waals surface area contributed by atoms with Gasteiger partial charge in [0.25, 0.3) is 0 Å². The molecule has 2 heterocycles. The van der Waals surface area contributed by atoms with Crippen LogP contribution < -0.4 is 5.32 Å². The van der Waals surface area contributed by atoms with Crippen LogP contribution in [0.15, 0.2) is 30.5 Å². The zero-order chi connectivity index (χ0) is 21.3. The number of hydrogen-bond donors (Lipinski definition) is 1. The number of amides is 1. The Morgan fingerprint density at radius 3 is 2.55 bits per heavy atom. The molecule has 1 aromatic carbocycles. The summed E-state index contributed by atoms with van der Waals surface area (Å²) in [5.41, 5.74) is 1.29. The van der Waals surface area contributed by atoms with Gasteiger partial charge in [-0.2, -0.15) is 10.2 Å². The second-order valence-corrected chi connectivity index (χ2v) is 7.32. The summed E-state index contributed by atoms with van der Waals surface area (Å²) in [7, 11) is 0. The molecule has 152 valence electrons. The van der Waals surface area contributed by atoms with Crippen LogP contribution >= 0.6 is 23.2 Å². The van der Waals surface area contributed by atoms with Gasteiger partial charge in [-0.1, -0.05) is 41.4 Å². The quantitative estimate of drug-likeness (QED) is 0.460. The number of carbonyl (C=O) groups excluding carboxylic acids is 1. The fraction of sp³-hybridized carbons (Fsp3) is 0.278. The minimum atomic E-state index is -0.799. The maximum atomic E-state index is 12.7. The van der Waals surface area contributed by atoms with Gasteiger partial charge in [0.05, 0.1) is 11.5 Å². The second-order valence-electron chi connectivity index (χ2n) is 6.50. The molecule has 0 aliphatic carbocycles. The molecule has 0 fully saturated rings. The van der Waals surface area contributed by atoms with E-state index in [4.69, 9.17) is 23.2 Å². The minimum Gasteiger partial charge on any atom is -0.306 e. The highest BCUT2D eigenvalue weighted by Gasteiger charge is 2.27. The van der Waals surface area contributed by atoms with Crippen molar-refractivity contribution in [2.45, 2.75) is 33.4 Å². The van der Waals surface area contributed by atoms with E-state index in [1.807, 2.05) is 18.2 Å². The average Bonchev–Trinajstić information content (AvgIpc) is 3.14. The third-order valence-corrected chi connectivity index (χ3v) is 5.11. The molecule has 3 rings (SSSR count). The molecular formula is C18H18Cl2N6O3. The molecule has 0 saturated carbocycles. The summed E-state index contributed by atoms with van der Waals surface area (Å²) in [6.07, 6.45) is 1.58. The predicted octanol–water partition coefficient (Wildman–Crippen LogP) is 4.16. The highest BCUT2D eigenvalue weighted by atomic mass is 35.5. The van der Waals surface area contributed by atoms with Crippen LogP contribution in [0.25, 0.3) is 0 Å². The summed E-state index contributed by atoms with van der Waals surface area (Å²) in [5.74, 6) is -0.262. The molecule has 0 saturated heterocycles. The average molecular weight is 437 g/mol. The molecule has 9 nitrogen and oxygen atoms in total. The van der Waals surface area contributed by atoms with Crippen molar-refractivity contribution >= 4 is 40.6 Å². The van der Waals surface area contributed by atoms with E-state index in [2.05, 4.69) is 15.5 Å². The van der Waals surface area contributed by atoms with Gasteiger partial charge in [0.15, 0.2) is 5.82 Å². The summed E-state index contributed by atoms with van der Waals surface area (Å²) < 4.78 is 2.88. The molecule has 0 bridgehead atoms. The van der Waals surface area contributed by atoms with E-state index in [0.29, 0.717) is 17.3 Å². The van der Waals surface area contributed by atoms with Gasteiger partial charge < -0.3 is 5.32 Å². The topological polar surface area (TPSA) is 108 Å². The van der Waals surface area contributed by atoms with Crippen molar-refractivity contribution in [3.05, 3.63) is 67.6 Å². The van der Waals surface area contributed by atoms with Crippen LogP contribution in [0.4, 0.5) is 11.5 Å². The highest BCUT2D eigenvalue weighted by molar-refractivity contribution is 6.33. The molecule has 0 spiro atoms. The third-order valence-electron chi connectivity index (χ3n) is 4.46. The first-order valence-corrected chi connectivity index (χ1v) is 9.42. The number of carbonyl (C=O) groups is 1. The number of aryl methyl sites for hydroxylation is 1. The lowest BCUT2D eigenvalue weighted by Crippen LogP contribution is -2.25. The molecule has 1 amide bonds. The minimum absolute atomic E-state index is 0.105. The predicted molar refractivity (Wildman–Crippen MR) is 109 cm³/mol. The summed E-state index contributed by atoms with van der Waals surface area (Å²) >= 11 is 12.4. The van der Waals surface area contributed by atoms with E-state index in [-0.39, 0.29) is 22.2 Å². The van der Waals surface area contributed by atoms with Gasteiger partial charge in [-0.3, -0.25) is 24.3 Å².